The van der Waals surface area contributed by atoms with Gasteiger partial charge in [-0.2, -0.15) is 0 Å². The minimum absolute atomic E-state index is 0.582. The predicted octanol–water partition coefficient (Wildman–Crippen LogP) is 2.28. The second-order valence-corrected chi connectivity index (χ2v) is 4.51. The van der Waals surface area contributed by atoms with E-state index in [0.29, 0.717) is 6.04 Å². The SMILES string of the molecule is CCCC(CNC1CC1)n1ccnc1C. The van der Waals surface area contributed by atoms with Crippen molar-refractivity contribution in [1.82, 2.24) is 14.9 Å². The average molecular weight is 207 g/mol. The van der Waals surface area contributed by atoms with Crippen LogP contribution in [0.2, 0.25) is 0 Å². The average Bonchev–Trinajstić information content (AvgIpc) is 2.96. The van der Waals surface area contributed by atoms with Gasteiger partial charge in [0, 0.05) is 31.0 Å². The zero-order valence-electron chi connectivity index (χ0n) is 9.74. The highest BCUT2D eigenvalue weighted by Crippen LogP contribution is 2.21. The Bertz CT molecular complexity index is 302. The van der Waals surface area contributed by atoms with Crippen LogP contribution in [0.1, 0.15) is 44.5 Å². The summed E-state index contributed by atoms with van der Waals surface area (Å²) >= 11 is 0. The van der Waals surface area contributed by atoms with Crippen molar-refractivity contribution in [2.24, 2.45) is 0 Å². The van der Waals surface area contributed by atoms with Crippen molar-refractivity contribution in [3.63, 3.8) is 0 Å². The molecule has 3 nitrogen and oxygen atoms in total. The third-order valence-electron chi connectivity index (χ3n) is 3.10. The van der Waals surface area contributed by atoms with Gasteiger partial charge in [0.2, 0.25) is 0 Å². The molecular weight excluding hydrogens is 186 g/mol. The van der Waals surface area contributed by atoms with Crippen molar-refractivity contribution in [2.75, 3.05) is 6.54 Å². The molecule has 1 aliphatic carbocycles. The number of imidazole rings is 1. The molecule has 1 unspecified atom stereocenters. The molecule has 1 fully saturated rings. The fourth-order valence-corrected chi connectivity index (χ4v) is 2.04. The third-order valence-corrected chi connectivity index (χ3v) is 3.10. The van der Waals surface area contributed by atoms with Crippen LogP contribution in [-0.2, 0) is 0 Å². The van der Waals surface area contributed by atoms with Crippen LogP contribution in [0.15, 0.2) is 12.4 Å². The van der Waals surface area contributed by atoms with E-state index < -0.39 is 0 Å². The molecule has 1 aromatic heterocycles. The zero-order valence-corrected chi connectivity index (χ0v) is 9.74. The standard InChI is InChI=1S/C12H21N3/c1-3-4-12(9-14-11-5-6-11)15-8-7-13-10(15)2/h7-8,11-12,14H,3-6,9H2,1-2H3. The van der Waals surface area contributed by atoms with Gasteiger partial charge in [0.25, 0.3) is 0 Å². The van der Waals surface area contributed by atoms with Gasteiger partial charge < -0.3 is 9.88 Å². The molecule has 2 rings (SSSR count). The van der Waals surface area contributed by atoms with Crippen molar-refractivity contribution in [3.05, 3.63) is 18.2 Å². The van der Waals surface area contributed by atoms with Crippen molar-refractivity contribution in [3.8, 4) is 0 Å². The number of aryl methyl sites for hydroxylation is 1. The second-order valence-electron chi connectivity index (χ2n) is 4.51. The quantitative estimate of drug-likeness (QED) is 0.775. The van der Waals surface area contributed by atoms with Gasteiger partial charge in [-0.25, -0.2) is 4.98 Å². The summed E-state index contributed by atoms with van der Waals surface area (Å²) < 4.78 is 2.30. The Morgan fingerprint density at radius 3 is 2.93 bits per heavy atom. The molecule has 1 N–H and O–H groups in total. The molecule has 0 bridgehead atoms. The van der Waals surface area contributed by atoms with E-state index in [1.54, 1.807) is 0 Å². The van der Waals surface area contributed by atoms with Crippen molar-refractivity contribution in [1.29, 1.82) is 0 Å². The lowest BCUT2D eigenvalue weighted by Crippen LogP contribution is -2.27. The number of nitrogens with one attached hydrogen (secondary N) is 1. The number of nitrogens with zero attached hydrogens (tertiary/aromatic N) is 2. The van der Waals surface area contributed by atoms with Gasteiger partial charge in [0.1, 0.15) is 5.82 Å². The molecular formula is C12H21N3. The molecule has 1 aliphatic rings. The largest absolute Gasteiger partial charge is 0.331 e. The molecule has 0 aliphatic heterocycles. The van der Waals surface area contributed by atoms with E-state index in [1.807, 2.05) is 6.20 Å². The maximum absolute atomic E-state index is 4.30. The maximum Gasteiger partial charge on any atom is 0.105 e. The van der Waals surface area contributed by atoms with E-state index in [4.69, 9.17) is 0 Å². The molecule has 0 saturated heterocycles. The predicted molar refractivity (Wildman–Crippen MR) is 61.9 cm³/mol. The first-order valence-electron chi connectivity index (χ1n) is 6.04. The van der Waals surface area contributed by atoms with E-state index in [-0.39, 0.29) is 0 Å². The highest BCUT2D eigenvalue weighted by Gasteiger charge is 2.22. The number of hydrogen-bond acceptors (Lipinski definition) is 2. The molecule has 1 atom stereocenters. The molecule has 0 radical (unpaired) electrons. The lowest BCUT2D eigenvalue weighted by atomic mass is 10.1. The summed E-state index contributed by atoms with van der Waals surface area (Å²) in [6, 6.07) is 1.38. The van der Waals surface area contributed by atoms with E-state index in [0.717, 1.165) is 18.4 Å². The van der Waals surface area contributed by atoms with Crippen LogP contribution in [0, 0.1) is 6.92 Å². The topological polar surface area (TPSA) is 29.9 Å². The molecule has 1 aromatic rings. The molecule has 84 valence electrons. The molecule has 0 amide bonds. The van der Waals surface area contributed by atoms with Crippen molar-refractivity contribution < 1.29 is 0 Å². The van der Waals surface area contributed by atoms with Gasteiger partial charge in [-0.05, 0) is 26.2 Å². The molecule has 15 heavy (non-hydrogen) atoms. The van der Waals surface area contributed by atoms with Crippen LogP contribution in [0.25, 0.3) is 0 Å². The van der Waals surface area contributed by atoms with E-state index >= 15 is 0 Å². The van der Waals surface area contributed by atoms with Crippen LogP contribution >= 0.6 is 0 Å². The van der Waals surface area contributed by atoms with E-state index in [9.17, 15) is 0 Å². The summed E-state index contributed by atoms with van der Waals surface area (Å²) in [5.74, 6) is 1.13. The Morgan fingerprint density at radius 1 is 1.60 bits per heavy atom. The Labute approximate surface area is 91.9 Å². The summed E-state index contributed by atoms with van der Waals surface area (Å²) in [7, 11) is 0. The number of rotatable bonds is 6. The third kappa shape index (κ3) is 2.81. The van der Waals surface area contributed by atoms with Crippen LogP contribution in [0.4, 0.5) is 0 Å². The van der Waals surface area contributed by atoms with Crippen LogP contribution < -0.4 is 5.32 Å². The van der Waals surface area contributed by atoms with Gasteiger partial charge in [0.15, 0.2) is 0 Å². The second kappa shape index (κ2) is 4.79. The first-order chi connectivity index (χ1) is 7.31. The highest BCUT2D eigenvalue weighted by atomic mass is 15.1. The van der Waals surface area contributed by atoms with E-state index in [2.05, 4.69) is 34.9 Å². The molecule has 0 spiro atoms. The van der Waals surface area contributed by atoms with Gasteiger partial charge in [-0.1, -0.05) is 13.3 Å². The summed E-state index contributed by atoms with van der Waals surface area (Å²) in [6.45, 7) is 5.42. The van der Waals surface area contributed by atoms with Gasteiger partial charge in [0.05, 0.1) is 0 Å². The molecule has 1 saturated carbocycles. The summed E-state index contributed by atoms with van der Waals surface area (Å²) in [5, 5.41) is 3.61. The van der Waals surface area contributed by atoms with Gasteiger partial charge in [-0.15, -0.1) is 0 Å². The Hall–Kier alpha value is -0.830. The monoisotopic (exact) mass is 207 g/mol. The van der Waals surface area contributed by atoms with Crippen molar-refractivity contribution in [2.45, 2.75) is 51.6 Å². The summed E-state index contributed by atoms with van der Waals surface area (Å²) in [5.41, 5.74) is 0. The Balaban J connectivity index is 1.94. The van der Waals surface area contributed by atoms with Crippen LogP contribution in [-0.4, -0.2) is 22.1 Å². The highest BCUT2D eigenvalue weighted by molar-refractivity contribution is 4.93. The Kier molecular flexibility index (Phi) is 3.41. The first-order valence-corrected chi connectivity index (χ1v) is 6.04. The minimum atomic E-state index is 0.582. The lowest BCUT2D eigenvalue weighted by Gasteiger charge is -2.20. The Morgan fingerprint density at radius 2 is 2.40 bits per heavy atom. The first kappa shape index (κ1) is 10.7. The van der Waals surface area contributed by atoms with Gasteiger partial charge >= 0.3 is 0 Å². The van der Waals surface area contributed by atoms with Crippen molar-refractivity contribution >= 4 is 0 Å². The minimum Gasteiger partial charge on any atom is -0.331 e. The fourth-order valence-electron chi connectivity index (χ4n) is 2.04. The lowest BCUT2D eigenvalue weighted by molar-refractivity contribution is 0.420. The molecule has 3 heteroatoms. The summed E-state index contributed by atoms with van der Waals surface area (Å²) in [6.07, 6.45) is 9.19. The smallest absolute Gasteiger partial charge is 0.105 e. The normalized spacial score (nSPS) is 18.0. The molecule has 0 aromatic carbocycles. The zero-order chi connectivity index (χ0) is 10.7. The fraction of sp³-hybridized carbons (Fsp3) is 0.750. The molecule has 1 heterocycles. The van der Waals surface area contributed by atoms with Crippen LogP contribution in [0.5, 0.6) is 0 Å². The summed E-state index contributed by atoms with van der Waals surface area (Å²) in [4.78, 5) is 4.30. The van der Waals surface area contributed by atoms with E-state index in [1.165, 1.54) is 25.7 Å². The number of aromatic nitrogens is 2. The number of hydrogen-bond donors (Lipinski definition) is 1. The maximum atomic E-state index is 4.30. The van der Waals surface area contributed by atoms with Crippen LogP contribution in [0.3, 0.4) is 0 Å². The van der Waals surface area contributed by atoms with Gasteiger partial charge in [-0.3, -0.25) is 0 Å².